The molecule has 7 heteroatoms. The van der Waals surface area contributed by atoms with E-state index in [1.165, 1.54) is 12.0 Å². The van der Waals surface area contributed by atoms with E-state index in [2.05, 4.69) is 0 Å². The van der Waals surface area contributed by atoms with Gasteiger partial charge in [-0.25, -0.2) is 0 Å². The predicted octanol–water partition coefficient (Wildman–Crippen LogP) is 3.61. The topological polar surface area (TPSA) is 53.0 Å². The molecule has 128 valence electrons. The van der Waals surface area contributed by atoms with Crippen molar-refractivity contribution in [3.8, 4) is 11.5 Å². The number of benzene rings is 2. The van der Waals surface area contributed by atoms with Crippen LogP contribution in [0.3, 0.4) is 0 Å². The molecule has 1 amide bonds. The maximum absolute atomic E-state index is 12.9. The number of carbonyl (C=O) groups is 1. The van der Waals surface area contributed by atoms with Gasteiger partial charge in [0.25, 0.3) is 5.91 Å². The number of phenolic OH excluding ortho intramolecular Hbond substituents is 1. The fraction of sp³-hybridized carbons (Fsp3) is 0.111. The molecule has 1 saturated heterocycles. The lowest BCUT2D eigenvalue weighted by atomic mass is 10.1. The number of amides is 1. The third-order valence-electron chi connectivity index (χ3n) is 3.85. The average molecular weight is 466 g/mol. The van der Waals surface area contributed by atoms with Gasteiger partial charge < -0.3 is 14.7 Å². The molecular formula is C18H15IN2O3S. The van der Waals surface area contributed by atoms with Crippen LogP contribution in [0.15, 0.2) is 48.2 Å². The fourth-order valence-corrected chi connectivity index (χ4v) is 3.46. The Morgan fingerprint density at radius 1 is 1.24 bits per heavy atom. The van der Waals surface area contributed by atoms with Crippen molar-refractivity contribution < 1.29 is 14.6 Å². The molecule has 0 atom stereocenters. The Labute approximate surface area is 164 Å². The zero-order chi connectivity index (χ0) is 18.1. The fourth-order valence-electron chi connectivity index (χ4n) is 2.55. The van der Waals surface area contributed by atoms with E-state index < -0.39 is 0 Å². The molecule has 0 radical (unpaired) electrons. The summed E-state index contributed by atoms with van der Waals surface area (Å²) in [6.45, 7) is 0. The number of hydrogen-bond donors (Lipinski definition) is 1. The first-order valence-corrected chi connectivity index (χ1v) is 8.88. The molecular weight excluding hydrogens is 451 g/mol. The molecule has 2 aromatic rings. The first-order valence-electron chi connectivity index (χ1n) is 7.39. The average Bonchev–Trinajstić information content (AvgIpc) is 2.82. The molecule has 2 aromatic carbocycles. The third-order valence-corrected chi connectivity index (χ3v) is 5.13. The van der Waals surface area contributed by atoms with Crippen LogP contribution in [0.2, 0.25) is 0 Å². The molecule has 0 aliphatic carbocycles. The molecule has 0 bridgehead atoms. The van der Waals surface area contributed by atoms with E-state index in [0.717, 1.165) is 11.3 Å². The van der Waals surface area contributed by atoms with Gasteiger partial charge in [0.15, 0.2) is 16.6 Å². The summed E-state index contributed by atoms with van der Waals surface area (Å²) in [7, 11) is 3.25. The Balaban J connectivity index is 2.03. The summed E-state index contributed by atoms with van der Waals surface area (Å²) in [5, 5.41) is 10.4. The maximum Gasteiger partial charge on any atom is 0.281 e. The van der Waals surface area contributed by atoms with E-state index in [9.17, 15) is 9.90 Å². The first-order chi connectivity index (χ1) is 11.9. The number of methoxy groups -OCH3 is 1. The van der Waals surface area contributed by atoms with Crippen LogP contribution in [0, 0.1) is 3.57 Å². The van der Waals surface area contributed by atoms with Crippen molar-refractivity contribution in [3.05, 3.63) is 57.3 Å². The number of likely N-dealkylation sites (N-methyl/N-ethyl adjacent to an activating group) is 1. The van der Waals surface area contributed by atoms with E-state index in [0.29, 0.717) is 20.1 Å². The highest BCUT2D eigenvalue weighted by Gasteiger charge is 2.36. The third kappa shape index (κ3) is 3.21. The van der Waals surface area contributed by atoms with Crippen LogP contribution in [-0.4, -0.2) is 35.2 Å². The van der Waals surface area contributed by atoms with Gasteiger partial charge in [0.05, 0.1) is 16.4 Å². The Hall–Kier alpha value is -2.13. The molecule has 0 spiro atoms. The number of carbonyl (C=O) groups excluding carboxylic acids is 1. The number of hydrogen-bond acceptors (Lipinski definition) is 4. The van der Waals surface area contributed by atoms with Gasteiger partial charge in [-0.2, -0.15) is 0 Å². The molecule has 5 nitrogen and oxygen atoms in total. The number of aromatic hydroxyl groups is 1. The van der Waals surface area contributed by atoms with Crippen LogP contribution in [0.4, 0.5) is 5.69 Å². The van der Waals surface area contributed by atoms with Crippen LogP contribution in [0.1, 0.15) is 5.56 Å². The summed E-state index contributed by atoms with van der Waals surface area (Å²) >= 11 is 7.45. The minimum Gasteiger partial charge on any atom is -0.504 e. The number of ether oxygens (including phenoxy) is 1. The second-order valence-electron chi connectivity index (χ2n) is 5.40. The zero-order valence-corrected chi connectivity index (χ0v) is 16.5. The van der Waals surface area contributed by atoms with Gasteiger partial charge in [0.1, 0.15) is 5.70 Å². The number of rotatable bonds is 3. The number of phenols is 1. The lowest BCUT2D eigenvalue weighted by Crippen LogP contribution is -2.30. The van der Waals surface area contributed by atoms with E-state index in [1.54, 1.807) is 30.2 Å². The molecule has 1 aliphatic rings. The predicted molar refractivity (Wildman–Crippen MR) is 110 cm³/mol. The molecule has 1 aliphatic heterocycles. The summed E-state index contributed by atoms with van der Waals surface area (Å²) in [4.78, 5) is 16.1. The van der Waals surface area contributed by atoms with Gasteiger partial charge in [-0.15, -0.1) is 0 Å². The van der Waals surface area contributed by atoms with Gasteiger partial charge in [-0.1, -0.05) is 18.2 Å². The maximum atomic E-state index is 12.9. The van der Waals surface area contributed by atoms with Crippen molar-refractivity contribution in [2.75, 3.05) is 19.1 Å². The Morgan fingerprint density at radius 3 is 2.56 bits per heavy atom. The van der Waals surface area contributed by atoms with Crippen molar-refractivity contribution in [2.45, 2.75) is 0 Å². The molecule has 1 heterocycles. The van der Waals surface area contributed by atoms with Gasteiger partial charge in [0.2, 0.25) is 0 Å². The number of thiocarbonyl (C=S) groups is 1. The molecule has 1 N–H and O–H groups in total. The SMILES string of the molecule is COc1cc(C=C2C(=O)N(c3ccccc3)C(=S)N2C)cc(I)c1O. The minimum atomic E-state index is -0.194. The monoisotopic (exact) mass is 466 g/mol. The first kappa shape index (κ1) is 17.7. The Kier molecular flexibility index (Phi) is 4.96. The van der Waals surface area contributed by atoms with Crippen molar-refractivity contribution in [1.82, 2.24) is 4.90 Å². The summed E-state index contributed by atoms with van der Waals surface area (Å²) in [6.07, 6.45) is 1.74. The summed E-state index contributed by atoms with van der Waals surface area (Å²) < 4.78 is 5.82. The normalized spacial score (nSPS) is 16.0. The Bertz CT molecular complexity index is 883. The zero-order valence-electron chi connectivity index (χ0n) is 13.6. The van der Waals surface area contributed by atoms with Crippen LogP contribution >= 0.6 is 34.8 Å². The lowest BCUT2D eigenvalue weighted by Gasteiger charge is -2.16. The highest BCUT2D eigenvalue weighted by Crippen LogP contribution is 2.34. The minimum absolute atomic E-state index is 0.0813. The van der Waals surface area contributed by atoms with Gasteiger partial charge in [-0.05, 0) is 70.7 Å². The summed E-state index contributed by atoms with van der Waals surface area (Å²) in [5.41, 5.74) is 1.93. The highest BCUT2D eigenvalue weighted by atomic mass is 127. The van der Waals surface area contributed by atoms with Gasteiger partial charge >= 0.3 is 0 Å². The number of anilines is 1. The molecule has 25 heavy (non-hydrogen) atoms. The number of halogens is 1. The van der Waals surface area contributed by atoms with Crippen molar-refractivity contribution in [1.29, 1.82) is 0 Å². The van der Waals surface area contributed by atoms with Crippen molar-refractivity contribution in [2.24, 2.45) is 0 Å². The van der Waals surface area contributed by atoms with E-state index in [-0.39, 0.29) is 11.7 Å². The smallest absolute Gasteiger partial charge is 0.281 e. The standard InChI is InChI=1S/C18H15IN2O3S/c1-20-14(9-11-8-13(19)16(22)15(10-11)24-2)17(23)21(18(20)25)12-6-4-3-5-7-12/h3-10,22H,1-2H3. The largest absolute Gasteiger partial charge is 0.504 e. The van der Waals surface area contributed by atoms with E-state index in [4.69, 9.17) is 17.0 Å². The number of para-hydroxylation sites is 1. The van der Waals surface area contributed by atoms with E-state index in [1.807, 2.05) is 52.9 Å². The van der Waals surface area contributed by atoms with E-state index >= 15 is 0 Å². The second kappa shape index (κ2) is 7.01. The quantitative estimate of drug-likeness (QED) is 0.426. The molecule has 3 rings (SSSR count). The van der Waals surface area contributed by atoms with Crippen LogP contribution in [0.25, 0.3) is 6.08 Å². The van der Waals surface area contributed by atoms with Gasteiger partial charge in [0, 0.05) is 7.05 Å². The van der Waals surface area contributed by atoms with Crippen LogP contribution < -0.4 is 9.64 Å². The van der Waals surface area contributed by atoms with Crippen LogP contribution in [-0.2, 0) is 4.79 Å². The summed E-state index contributed by atoms with van der Waals surface area (Å²) in [6, 6.07) is 12.8. The highest BCUT2D eigenvalue weighted by molar-refractivity contribution is 14.1. The van der Waals surface area contributed by atoms with Crippen molar-refractivity contribution in [3.63, 3.8) is 0 Å². The lowest BCUT2D eigenvalue weighted by molar-refractivity contribution is -0.114. The number of nitrogens with zero attached hydrogens (tertiary/aromatic N) is 2. The molecule has 0 saturated carbocycles. The van der Waals surface area contributed by atoms with Gasteiger partial charge in [-0.3, -0.25) is 9.69 Å². The summed E-state index contributed by atoms with van der Waals surface area (Å²) in [5.74, 6) is 0.243. The molecule has 0 aromatic heterocycles. The molecule has 0 unspecified atom stereocenters. The second-order valence-corrected chi connectivity index (χ2v) is 6.93. The Morgan fingerprint density at radius 2 is 1.92 bits per heavy atom. The molecule has 1 fully saturated rings. The van der Waals surface area contributed by atoms with Crippen LogP contribution in [0.5, 0.6) is 11.5 Å². The van der Waals surface area contributed by atoms with Crippen molar-refractivity contribution >= 4 is 57.6 Å².